The summed E-state index contributed by atoms with van der Waals surface area (Å²) in [6, 6.07) is 1.26. The zero-order chi connectivity index (χ0) is 17.7. The minimum atomic E-state index is -4.80. The zero-order valence-electron chi connectivity index (χ0n) is 11.5. The summed E-state index contributed by atoms with van der Waals surface area (Å²) in [4.78, 5) is 10.2. The van der Waals surface area contributed by atoms with Gasteiger partial charge >= 0.3 is 12.4 Å². The fourth-order valence-corrected chi connectivity index (χ4v) is 1.76. The van der Waals surface area contributed by atoms with E-state index in [2.05, 4.69) is 30.5 Å². The first kappa shape index (κ1) is 15.9. The van der Waals surface area contributed by atoms with Gasteiger partial charge in [0.15, 0.2) is 0 Å². The van der Waals surface area contributed by atoms with Gasteiger partial charge in [-0.25, -0.2) is 4.98 Å². The number of fused-ring (bicyclic) bond motifs is 1. The molecule has 0 fully saturated rings. The summed E-state index contributed by atoms with van der Waals surface area (Å²) in [6.07, 6.45) is -9.54. The van der Waals surface area contributed by atoms with Crippen LogP contribution in [0.25, 0.3) is 5.78 Å². The molecule has 3 heterocycles. The fourth-order valence-electron chi connectivity index (χ4n) is 1.76. The molecule has 3 aromatic rings. The number of nitrogens with zero attached hydrogens (tertiary/aromatic N) is 6. The minimum absolute atomic E-state index is 0.131. The Bertz CT molecular complexity index is 891. The van der Waals surface area contributed by atoms with E-state index in [1.807, 2.05) is 0 Å². The van der Waals surface area contributed by atoms with Crippen molar-refractivity contribution in [2.24, 2.45) is 0 Å². The van der Waals surface area contributed by atoms with Crippen LogP contribution in [0.15, 0.2) is 6.07 Å². The largest absolute Gasteiger partial charge is 0.453 e. The van der Waals surface area contributed by atoms with E-state index in [1.165, 1.54) is 13.0 Å². The topological polar surface area (TPSA) is 96.7 Å². The third-order valence-electron chi connectivity index (χ3n) is 2.69. The lowest BCUT2D eigenvalue weighted by Crippen LogP contribution is -2.09. The van der Waals surface area contributed by atoms with E-state index in [1.54, 1.807) is 5.10 Å². The van der Waals surface area contributed by atoms with Crippen molar-refractivity contribution in [3.05, 3.63) is 23.4 Å². The number of nitrogens with one attached hydrogen (secondary N) is 2. The SMILES string of the molecule is Cc1cc(Nc2n[nH]c(C(F)(F)F)n2)n2nc(C(F)(F)F)nc2n1. The van der Waals surface area contributed by atoms with Crippen molar-refractivity contribution < 1.29 is 26.3 Å². The smallest absolute Gasteiger partial charge is 0.307 e. The maximum Gasteiger partial charge on any atom is 0.453 e. The number of anilines is 2. The number of hydrogen-bond donors (Lipinski definition) is 2. The Morgan fingerprint density at radius 2 is 1.75 bits per heavy atom. The van der Waals surface area contributed by atoms with Gasteiger partial charge in [0.2, 0.25) is 11.8 Å². The first-order chi connectivity index (χ1) is 11.0. The van der Waals surface area contributed by atoms with Crippen LogP contribution in [0, 0.1) is 6.92 Å². The van der Waals surface area contributed by atoms with Gasteiger partial charge in [0, 0.05) is 11.8 Å². The van der Waals surface area contributed by atoms with Gasteiger partial charge in [0.1, 0.15) is 5.82 Å². The van der Waals surface area contributed by atoms with Crippen LogP contribution in [0.5, 0.6) is 0 Å². The van der Waals surface area contributed by atoms with Gasteiger partial charge in [-0.2, -0.15) is 40.8 Å². The van der Waals surface area contributed by atoms with Crippen molar-refractivity contribution >= 4 is 17.5 Å². The highest BCUT2D eigenvalue weighted by atomic mass is 19.4. The molecule has 8 nitrogen and oxygen atoms in total. The molecule has 128 valence electrons. The Morgan fingerprint density at radius 3 is 2.33 bits per heavy atom. The van der Waals surface area contributed by atoms with Gasteiger partial charge < -0.3 is 5.32 Å². The summed E-state index contributed by atoms with van der Waals surface area (Å²) in [7, 11) is 0. The van der Waals surface area contributed by atoms with Crippen LogP contribution >= 0.6 is 0 Å². The van der Waals surface area contributed by atoms with Crippen molar-refractivity contribution in [1.82, 2.24) is 34.8 Å². The first-order valence-corrected chi connectivity index (χ1v) is 6.12. The van der Waals surface area contributed by atoms with E-state index in [0.29, 0.717) is 4.52 Å². The predicted octanol–water partition coefficient (Wildman–Crippen LogP) is 2.33. The first-order valence-electron chi connectivity index (χ1n) is 6.12. The lowest BCUT2D eigenvalue weighted by Gasteiger charge is -2.05. The lowest BCUT2D eigenvalue weighted by molar-refractivity contribution is -0.145. The van der Waals surface area contributed by atoms with E-state index < -0.39 is 29.9 Å². The van der Waals surface area contributed by atoms with Gasteiger partial charge in [-0.05, 0) is 6.92 Å². The van der Waals surface area contributed by atoms with Crippen molar-refractivity contribution in [1.29, 1.82) is 0 Å². The summed E-state index contributed by atoms with van der Waals surface area (Å²) in [5.41, 5.74) is 0.262. The third kappa shape index (κ3) is 2.93. The number of H-pyrrole nitrogens is 1. The van der Waals surface area contributed by atoms with Crippen LogP contribution in [0.2, 0.25) is 0 Å². The third-order valence-corrected chi connectivity index (χ3v) is 2.69. The molecule has 14 heteroatoms. The Kier molecular flexibility index (Phi) is 3.35. The van der Waals surface area contributed by atoms with Crippen LogP contribution in [0.3, 0.4) is 0 Å². The van der Waals surface area contributed by atoms with Gasteiger partial charge in [-0.15, -0.1) is 10.2 Å². The molecule has 3 rings (SSSR count). The average Bonchev–Trinajstić information content (AvgIpc) is 3.03. The average molecular weight is 352 g/mol. The van der Waals surface area contributed by atoms with Gasteiger partial charge in [-0.1, -0.05) is 0 Å². The number of rotatable bonds is 2. The zero-order valence-corrected chi connectivity index (χ0v) is 11.5. The fraction of sp³-hybridized carbons (Fsp3) is 0.300. The highest BCUT2D eigenvalue weighted by molar-refractivity contribution is 5.52. The Labute approximate surface area is 127 Å². The molecule has 0 saturated heterocycles. The number of aromatic nitrogens is 7. The highest BCUT2D eigenvalue weighted by Crippen LogP contribution is 2.28. The van der Waals surface area contributed by atoms with Crippen molar-refractivity contribution in [2.45, 2.75) is 19.3 Å². The minimum Gasteiger partial charge on any atom is -0.307 e. The summed E-state index contributed by atoms with van der Waals surface area (Å²) in [6.45, 7) is 1.46. The van der Waals surface area contributed by atoms with Crippen LogP contribution in [-0.2, 0) is 12.4 Å². The molecule has 0 bridgehead atoms. The van der Waals surface area contributed by atoms with Crippen LogP contribution in [-0.4, -0.2) is 34.8 Å². The summed E-state index contributed by atoms with van der Waals surface area (Å²) < 4.78 is 76.1. The number of aromatic amines is 1. The van der Waals surface area contributed by atoms with Crippen molar-refractivity contribution in [2.75, 3.05) is 5.32 Å². The molecule has 3 aromatic heterocycles. The van der Waals surface area contributed by atoms with Gasteiger partial charge in [0.05, 0.1) is 0 Å². The Morgan fingerprint density at radius 1 is 1.04 bits per heavy atom. The quantitative estimate of drug-likeness (QED) is 0.687. The monoisotopic (exact) mass is 352 g/mol. The Balaban J connectivity index is 2.02. The second-order valence-electron chi connectivity index (χ2n) is 4.56. The van der Waals surface area contributed by atoms with E-state index in [9.17, 15) is 26.3 Å². The van der Waals surface area contributed by atoms with E-state index in [4.69, 9.17) is 0 Å². The summed E-state index contributed by atoms with van der Waals surface area (Å²) in [5.74, 6) is -3.81. The molecule has 0 radical (unpaired) electrons. The van der Waals surface area contributed by atoms with Crippen LogP contribution in [0.1, 0.15) is 17.3 Å². The maximum atomic E-state index is 12.7. The molecule has 2 N–H and O–H groups in total. The number of halogens is 6. The second-order valence-corrected chi connectivity index (χ2v) is 4.56. The number of alkyl halides is 6. The molecule has 0 aliphatic carbocycles. The molecule has 0 unspecified atom stereocenters. The molecule has 0 aliphatic heterocycles. The standard InChI is InChI=1S/C10H6F6N8/c1-3-2-4(18-7-19-5(21-22-7)9(11,12)13)24-8(17-3)20-6(23-24)10(14,15)16/h2H,1H3,(H2,18,19,21,22). The second kappa shape index (κ2) is 5.04. The van der Waals surface area contributed by atoms with E-state index in [0.717, 1.165) is 0 Å². The highest BCUT2D eigenvalue weighted by Gasteiger charge is 2.37. The number of hydrogen-bond acceptors (Lipinski definition) is 6. The molecular formula is C10H6F6N8. The maximum absolute atomic E-state index is 12.7. The molecule has 24 heavy (non-hydrogen) atoms. The predicted molar refractivity (Wildman–Crippen MR) is 65.2 cm³/mol. The van der Waals surface area contributed by atoms with Crippen molar-refractivity contribution in [3.8, 4) is 0 Å². The molecule has 0 aliphatic rings. The van der Waals surface area contributed by atoms with Crippen LogP contribution in [0.4, 0.5) is 38.1 Å². The van der Waals surface area contributed by atoms with Gasteiger partial charge in [0.25, 0.3) is 11.6 Å². The summed E-state index contributed by atoms with van der Waals surface area (Å²) >= 11 is 0. The van der Waals surface area contributed by atoms with Crippen LogP contribution < -0.4 is 5.32 Å². The normalized spacial score (nSPS) is 12.8. The van der Waals surface area contributed by atoms with Gasteiger partial charge in [-0.3, -0.25) is 5.10 Å². The number of aryl methyl sites for hydroxylation is 1. The molecule has 0 aromatic carbocycles. The van der Waals surface area contributed by atoms with E-state index in [-0.39, 0.29) is 17.3 Å². The molecule has 0 amide bonds. The molecule has 0 saturated carbocycles. The molecule has 0 spiro atoms. The summed E-state index contributed by atoms with van der Waals surface area (Å²) in [5, 5.41) is 10.6. The lowest BCUT2D eigenvalue weighted by atomic mass is 10.4. The Hall–Kier alpha value is -2.93. The molecular weight excluding hydrogens is 346 g/mol. The molecule has 0 atom stereocenters. The van der Waals surface area contributed by atoms with E-state index >= 15 is 0 Å². The van der Waals surface area contributed by atoms with Crippen molar-refractivity contribution in [3.63, 3.8) is 0 Å².